The smallest absolute Gasteiger partial charge is 0.322 e. The van der Waals surface area contributed by atoms with Gasteiger partial charge in [0.05, 0.1) is 10.5 Å². The van der Waals surface area contributed by atoms with Gasteiger partial charge in [0.25, 0.3) is 5.89 Å². The van der Waals surface area contributed by atoms with Crippen LogP contribution < -0.4 is 5.32 Å². The second-order valence-electron chi connectivity index (χ2n) is 5.37. The highest BCUT2D eigenvalue weighted by Gasteiger charge is 2.21. The van der Waals surface area contributed by atoms with Crippen molar-refractivity contribution in [2.24, 2.45) is 0 Å². The van der Waals surface area contributed by atoms with Gasteiger partial charge in [-0.15, -0.1) is 16.9 Å². The van der Waals surface area contributed by atoms with Crippen LogP contribution in [-0.4, -0.2) is 36.5 Å². The molecule has 0 bridgehead atoms. The average Bonchev–Trinajstić information content (AvgIpc) is 3.09. The van der Waals surface area contributed by atoms with E-state index in [4.69, 9.17) is 16.0 Å². The Morgan fingerprint density at radius 3 is 2.56 bits per heavy atom. The van der Waals surface area contributed by atoms with Crippen LogP contribution in [0.5, 0.6) is 0 Å². The van der Waals surface area contributed by atoms with Gasteiger partial charge in [-0.25, -0.2) is 8.42 Å². The normalized spacial score (nSPS) is 11.3. The number of benzene rings is 2. The number of amides is 1. The number of hydrogen-bond donors (Lipinski definition) is 1. The fourth-order valence-electron chi connectivity index (χ4n) is 2.26. The molecule has 2 aromatic carbocycles. The van der Waals surface area contributed by atoms with Crippen LogP contribution in [0.15, 0.2) is 62.7 Å². The molecular weight excluding hydrogens is 410 g/mol. The van der Waals surface area contributed by atoms with Gasteiger partial charge in [-0.1, -0.05) is 28.8 Å². The van der Waals surface area contributed by atoms with Gasteiger partial charge in [0.2, 0.25) is 5.91 Å². The van der Waals surface area contributed by atoms with Crippen molar-refractivity contribution in [1.29, 1.82) is 0 Å². The summed E-state index contributed by atoms with van der Waals surface area (Å²) in [6.45, 7) is 0. The zero-order valence-electron chi connectivity index (χ0n) is 14.0. The van der Waals surface area contributed by atoms with E-state index in [9.17, 15) is 13.2 Å². The second-order valence-corrected chi connectivity index (χ2v) is 8.65. The van der Waals surface area contributed by atoms with Crippen LogP contribution in [0.1, 0.15) is 0 Å². The van der Waals surface area contributed by atoms with Gasteiger partial charge in [-0.3, -0.25) is 10.1 Å². The van der Waals surface area contributed by atoms with Crippen molar-refractivity contribution in [1.82, 2.24) is 10.2 Å². The summed E-state index contributed by atoms with van der Waals surface area (Å²) in [5.41, 5.74) is 0.729. The topological polar surface area (TPSA) is 102 Å². The van der Waals surface area contributed by atoms with Crippen molar-refractivity contribution in [2.75, 3.05) is 17.3 Å². The first-order chi connectivity index (χ1) is 12.9. The molecule has 0 radical (unpaired) electrons. The fraction of sp³-hybridized carbons (Fsp3) is 0.118. The Kier molecular flexibility index (Phi) is 5.83. The van der Waals surface area contributed by atoms with E-state index >= 15 is 0 Å². The number of thioether (sulfide) groups is 1. The van der Waals surface area contributed by atoms with Crippen molar-refractivity contribution in [3.05, 3.63) is 53.6 Å². The van der Waals surface area contributed by atoms with Crippen LogP contribution in [0.3, 0.4) is 0 Å². The van der Waals surface area contributed by atoms with Gasteiger partial charge in [-0.05, 0) is 42.7 Å². The molecule has 0 spiro atoms. The van der Waals surface area contributed by atoms with Gasteiger partial charge < -0.3 is 4.42 Å². The first-order valence-corrected chi connectivity index (χ1v) is 10.9. The first kappa shape index (κ1) is 19.4. The number of hydrogen-bond acceptors (Lipinski definition) is 7. The average molecular weight is 424 g/mol. The van der Waals surface area contributed by atoms with Gasteiger partial charge in [0.1, 0.15) is 5.75 Å². The van der Waals surface area contributed by atoms with Crippen LogP contribution in [0.25, 0.3) is 11.5 Å². The third-order valence-corrected chi connectivity index (χ3v) is 6.18. The molecule has 1 aromatic heterocycles. The Balaban J connectivity index is 1.72. The summed E-state index contributed by atoms with van der Waals surface area (Å²) in [6, 6.07) is 12.8. The van der Waals surface area contributed by atoms with E-state index < -0.39 is 21.5 Å². The summed E-state index contributed by atoms with van der Waals surface area (Å²) in [5.74, 6) is -1.30. The zero-order chi connectivity index (χ0) is 19.4. The fourth-order valence-corrected chi connectivity index (χ4v) is 4.11. The number of rotatable bonds is 6. The van der Waals surface area contributed by atoms with E-state index in [0.29, 0.717) is 5.02 Å². The van der Waals surface area contributed by atoms with E-state index in [1.807, 2.05) is 30.5 Å². The highest BCUT2D eigenvalue weighted by molar-refractivity contribution is 7.98. The minimum Gasteiger partial charge on any atom is -0.403 e. The van der Waals surface area contributed by atoms with E-state index in [2.05, 4.69) is 15.5 Å². The van der Waals surface area contributed by atoms with E-state index in [-0.39, 0.29) is 16.8 Å². The monoisotopic (exact) mass is 423 g/mol. The summed E-state index contributed by atoms with van der Waals surface area (Å²) in [5, 5.41) is 10.4. The molecule has 1 amide bonds. The molecule has 0 aliphatic heterocycles. The molecule has 27 heavy (non-hydrogen) atoms. The number of carbonyl (C=O) groups excluding carboxylic acids is 1. The lowest BCUT2D eigenvalue weighted by molar-refractivity contribution is -0.114. The molecule has 0 aliphatic rings. The molecular formula is C17H14ClN3O4S2. The molecule has 0 atom stereocenters. The van der Waals surface area contributed by atoms with Crippen molar-refractivity contribution < 1.29 is 17.6 Å². The molecule has 140 valence electrons. The summed E-state index contributed by atoms with van der Waals surface area (Å²) in [7, 11) is -3.82. The molecule has 1 heterocycles. The lowest BCUT2D eigenvalue weighted by Crippen LogP contribution is -2.23. The van der Waals surface area contributed by atoms with Gasteiger partial charge in [0.15, 0.2) is 9.84 Å². The minimum atomic E-state index is -3.82. The van der Waals surface area contributed by atoms with Crippen LogP contribution >= 0.6 is 23.4 Å². The second kappa shape index (κ2) is 8.12. The molecule has 3 rings (SSSR count). The highest BCUT2D eigenvalue weighted by Crippen LogP contribution is 2.29. The van der Waals surface area contributed by atoms with Gasteiger partial charge in [-0.2, -0.15) is 0 Å². The van der Waals surface area contributed by atoms with Crippen LogP contribution in [0.4, 0.5) is 6.01 Å². The van der Waals surface area contributed by atoms with Gasteiger partial charge >= 0.3 is 6.01 Å². The number of anilines is 1. The minimum absolute atomic E-state index is 0.00201. The van der Waals surface area contributed by atoms with Crippen molar-refractivity contribution in [3.63, 3.8) is 0 Å². The van der Waals surface area contributed by atoms with Crippen LogP contribution in [0.2, 0.25) is 5.02 Å². The summed E-state index contributed by atoms with van der Waals surface area (Å²) >= 11 is 7.26. The maximum Gasteiger partial charge on any atom is 0.322 e. The Bertz CT molecular complexity index is 1070. The highest BCUT2D eigenvalue weighted by atomic mass is 35.5. The third kappa shape index (κ3) is 4.68. The van der Waals surface area contributed by atoms with Crippen molar-refractivity contribution in [3.8, 4) is 11.5 Å². The lowest BCUT2D eigenvalue weighted by atomic mass is 10.2. The number of aromatic nitrogens is 2. The first-order valence-electron chi connectivity index (χ1n) is 7.64. The standard InChI is InChI=1S/C17H14ClN3O4S2/c1-26-14-5-3-2-4-13(14)16-20-21-17(25-16)19-15(22)10-27(23,24)12-8-6-11(18)7-9-12/h2-9H,10H2,1H3,(H,19,21,22). The Morgan fingerprint density at radius 1 is 1.15 bits per heavy atom. The van der Waals surface area contributed by atoms with Gasteiger partial charge in [0, 0.05) is 9.92 Å². The molecule has 10 heteroatoms. The number of nitrogens with one attached hydrogen (secondary N) is 1. The molecule has 0 saturated carbocycles. The van der Waals surface area contributed by atoms with E-state index in [1.54, 1.807) is 0 Å². The summed E-state index contributed by atoms with van der Waals surface area (Å²) in [6.07, 6.45) is 1.92. The number of sulfone groups is 1. The Hall–Kier alpha value is -2.36. The molecule has 0 aliphatic carbocycles. The van der Waals surface area contributed by atoms with E-state index in [0.717, 1.165) is 10.5 Å². The maximum absolute atomic E-state index is 12.3. The van der Waals surface area contributed by atoms with Crippen LogP contribution in [-0.2, 0) is 14.6 Å². The molecule has 0 fully saturated rings. The number of nitrogens with zero attached hydrogens (tertiary/aromatic N) is 2. The Labute approximate surface area is 165 Å². The third-order valence-electron chi connectivity index (χ3n) is 3.50. The van der Waals surface area contributed by atoms with E-state index in [1.165, 1.54) is 36.0 Å². The summed E-state index contributed by atoms with van der Waals surface area (Å²) < 4.78 is 30.0. The molecule has 3 aromatic rings. The Morgan fingerprint density at radius 2 is 1.85 bits per heavy atom. The van der Waals surface area contributed by atoms with Crippen LogP contribution in [0, 0.1) is 0 Å². The van der Waals surface area contributed by atoms with Crippen molar-refractivity contribution in [2.45, 2.75) is 9.79 Å². The zero-order valence-corrected chi connectivity index (χ0v) is 16.4. The maximum atomic E-state index is 12.3. The number of halogens is 1. The summed E-state index contributed by atoms with van der Waals surface area (Å²) in [4.78, 5) is 13.0. The SMILES string of the molecule is CSc1ccccc1-c1nnc(NC(=O)CS(=O)(=O)c2ccc(Cl)cc2)o1. The predicted octanol–water partition coefficient (Wildman–Crippen LogP) is 3.52. The quantitative estimate of drug-likeness (QED) is 0.605. The molecule has 1 N–H and O–H groups in total. The predicted molar refractivity (Wildman–Crippen MR) is 104 cm³/mol. The molecule has 0 unspecified atom stereocenters. The number of carbonyl (C=O) groups is 1. The molecule has 7 nitrogen and oxygen atoms in total. The largest absolute Gasteiger partial charge is 0.403 e. The molecule has 0 saturated heterocycles. The lowest BCUT2D eigenvalue weighted by Gasteiger charge is -2.04. The van der Waals surface area contributed by atoms with Crippen molar-refractivity contribution >= 4 is 45.1 Å².